The minimum atomic E-state index is -0.0171. The van der Waals surface area contributed by atoms with Gasteiger partial charge in [0.25, 0.3) is 5.91 Å². The van der Waals surface area contributed by atoms with Gasteiger partial charge in [0.15, 0.2) is 0 Å². The van der Waals surface area contributed by atoms with Crippen LogP contribution in [0.3, 0.4) is 0 Å². The first-order valence-electron chi connectivity index (χ1n) is 7.97. The van der Waals surface area contributed by atoms with Crippen molar-refractivity contribution in [3.8, 4) is 0 Å². The van der Waals surface area contributed by atoms with Crippen LogP contribution in [-0.2, 0) is 4.79 Å². The molecular formula is C16H22N4O2. The van der Waals surface area contributed by atoms with E-state index in [0.29, 0.717) is 12.1 Å². The molecule has 0 aliphatic carbocycles. The molecule has 0 radical (unpaired) electrons. The van der Waals surface area contributed by atoms with E-state index >= 15 is 0 Å². The highest BCUT2D eigenvalue weighted by atomic mass is 16.2. The van der Waals surface area contributed by atoms with Gasteiger partial charge in [-0.1, -0.05) is 0 Å². The number of carbonyl (C=O) groups excluding carboxylic acids is 2. The van der Waals surface area contributed by atoms with Crippen LogP contribution in [0.25, 0.3) is 0 Å². The zero-order valence-corrected chi connectivity index (χ0v) is 13.0. The number of piperidine rings is 2. The molecule has 2 aliphatic heterocycles. The number of rotatable bonds is 2. The molecule has 0 saturated carbocycles. The number of amides is 2. The Hall–Kier alpha value is -1.98. The minimum absolute atomic E-state index is 0.0171. The van der Waals surface area contributed by atoms with Crippen molar-refractivity contribution < 1.29 is 9.59 Å². The van der Waals surface area contributed by atoms with Crippen LogP contribution >= 0.6 is 0 Å². The fourth-order valence-electron chi connectivity index (χ4n) is 3.56. The number of hydrogen-bond donors (Lipinski definition) is 0. The third kappa shape index (κ3) is 2.82. The molecule has 3 rings (SSSR count). The topological polar surface area (TPSA) is 66.4 Å². The van der Waals surface area contributed by atoms with Crippen molar-refractivity contribution in [3.63, 3.8) is 0 Å². The van der Waals surface area contributed by atoms with Gasteiger partial charge in [0.05, 0.1) is 0 Å². The summed E-state index contributed by atoms with van der Waals surface area (Å²) in [7, 11) is 0. The highest BCUT2D eigenvalue weighted by molar-refractivity contribution is 5.92. The van der Waals surface area contributed by atoms with Crippen molar-refractivity contribution in [1.29, 1.82) is 0 Å². The Kier molecular flexibility index (Phi) is 4.09. The maximum atomic E-state index is 12.4. The first-order valence-corrected chi connectivity index (χ1v) is 7.97. The fraction of sp³-hybridized carbons (Fsp3) is 0.625. The molecule has 2 amide bonds. The van der Waals surface area contributed by atoms with Gasteiger partial charge in [-0.25, -0.2) is 9.97 Å². The van der Waals surface area contributed by atoms with Crippen LogP contribution in [0.4, 0.5) is 0 Å². The molecule has 0 atom stereocenters. The van der Waals surface area contributed by atoms with Gasteiger partial charge in [-0.15, -0.1) is 0 Å². The summed E-state index contributed by atoms with van der Waals surface area (Å²) >= 11 is 0. The summed E-state index contributed by atoms with van der Waals surface area (Å²) in [6.07, 6.45) is 6.54. The molecule has 0 unspecified atom stereocenters. The third-order valence-electron chi connectivity index (χ3n) is 5.04. The van der Waals surface area contributed by atoms with Gasteiger partial charge in [-0.2, -0.15) is 0 Å². The second-order valence-corrected chi connectivity index (χ2v) is 6.29. The van der Waals surface area contributed by atoms with E-state index in [1.54, 1.807) is 12.3 Å². The lowest BCUT2D eigenvalue weighted by atomic mass is 9.72. The average molecular weight is 302 g/mol. The molecular weight excluding hydrogens is 280 g/mol. The van der Waals surface area contributed by atoms with Gasteiger partial charge in [0.1, 0.15) is 12.0 Å². The van der Waals surface area contributed by atoms with E-state index in [-0.39, 0.29) is 17.2 Å². The molecule has 3 heterocycles. The number of likely N-dealkylation sites (tertiary alicyclic amines) is 2. The number of hydrogen-bond acceptors (Lipinski definition) is 4. The Bertz CT molecular complexity index is 553. The van der Waals surface area contributed by atoms with Crippen molar-refractivity contribution in [1.82, 2.24) is 19.8 Å². The van der Waals surface area contributed by atoms with Crippen LogP contribution in [-0.4, -0.2) is 57.8 Å². The standard InChI is InChI=1S/C16H22N4O2/c1-2-19-11-16(5-3-14(19)21)6-9-20(10-7-16)15(22)13-4-8-17-12-18-13/h4,8,12H,2-3,5-7,9-11H2,1H3. The lowest BCUT2D eigenvalue weighted by Crippen LogP contribution is -2.52. The normalized spacial score (nSPS) is 21.2. The smallest absolute Gasteiger partial charge is 0.272 e. The van der Waals surface area contributed by atoms with Crippen LogP contribution in [0.15, 0.2) is 18.6 Å². The highest BCUT2D eigenvalue weighted by Crippen LogP contribution is 2.40. The lowest BCUT2D eigenvalue weighted by Gasteiger charge is -2.47. The van der Waals surface area contributed by atoms with E-state index in [1.165, 1.54) is 6.33 Å². The summed E-state index contributed by atoms with van der Waals surface area (Å²) < 4.78 is 0. The first kappa shape index (κ1) is 14.9. The maximum Gasteiger partial charge on any atom is 0.272 e. The second kappa shape index (κ2) is 6.02. The number of aromatic nitrogens is 2. The number of nitrogens with zero attached hydrogens (tertiary/aromatic N) is 4. The molecule has 2 fully saturated rings. The van der Waals surface area contributed by atoms with Crippen molar-refractivity contribution in [3.05, 3.63) is 24.3 Å². The van der Waals surface area contributed by atoms with E-state index in [0.717, 1.165) is 45.4 Å². The van der Waals surface area contributed by atoms with E-state index in [4.69, 9.17) is 0 Å². The van der Waals surface area contributed by atoms with Gasteiger partial charge in [-0.3, -0.25) is 9.59 Å². The molecule has 6 heteroatoms. The molecule has 1 aromatic rings. The van der Waals surface area contributed by atoms with E-state index in [9.17, 15) is 9.59 Å². The SMILES string of the molecule is CCN1CC2(CCC1=O)CCN(C(=O)c1ccncn1)CC2. The van der Waals surface area contributed by atoms with Crippen molar-refractivity contribution >= 4 is 11.8 Å². The Labute approximate surface area is 130 Å². The summed E-state index contributed by atoms with van der Waals surface area (Å²) in [6.45, 7) is 5.15. The molecule has 1 spiro atoms. The predicted molar refractivity (Wildman–Crippen MR) is 81.1 cm³/mol. The summed E-state index contributed by atoms with van der Waals surface area (Å²) in [6, 6.07) is 1.66. The molecule has 0 aromatic carbocycles. The van der Waals surface area contributed by atoms with Crippen LogP contribution in [0, 0.1) is 5.41 Å². The van der Waals surface area contributed by atoms with Crippen molar-refractivity contribution in [2.24, 2.45) is 5.41 Å². The molecule has 6 nitrogen and oxygen atoms in total. The Morgan fingerprint density at radius 3 is 2.73 bits per heavy atom. The van der Waals surface area contributed by atoms with Gasteiger partial charge in [0, 0.05) is 38.8 Å². The van der Waals surface area contributed by atoms with Crippen molar-refractivity contribution in [2.75, 3.05) is 26.2 Å². The summed E-state index contributed by atoms with van der Waals surface area (Å²) in [5.74, 6) is 0.254. The zero-order valence-electron chi connectivity index (χ0n) is 13.0. The van der Waals surface area contributed by atoms with Crippen LogP contribution < -0.4 is 0 Å². The summed E-state index contributed by atoms with van der Waals surface area (Å²) in [5, 5.41) is 0. The number of carbonyl (C=O) groups is 2. The largest absolute Gasteiger partial charge is 0.342 e. The van der Waals surface area contributed by atoms with Gasteiger partial charge >= 0.3 is 0 Å². The first-order chi connectivity index (χ1) is 10.6. The van der Waals surface area contributed by atoms with Gasteiger partial charge < -0.3 is 9.80 Å². The fourth-order valence-corrected chi connectivity index (χ4v) is 3.56. The maximum absolute atomic E-state index is 12.4. The van der Waals surface area contributed by atoms with Crippen LogP contribution in [0.2, 0.25) is 0 Å². The second-order valence-electron chi connectivity index (χ2n) is 6.29. The Morgan fingerprint density at radius 1 is 1.32 bits per heavy atom. The Balaban J connectivity index is 1.63. The van der Waals surface area contributed by atoms with E-state index in [2.05, 4.69) is 9.97 Å². The molecule has 0 N–H and O–H groups in total. The summed E-state index contributed by atoms with van der Waals surface area (Å²) in [4.78, 5) is 36.0. The van der Waals surface area contributed by atoms with Crippen molar-refractivity contribution in [2.45, 2.75) is 32.6 Å². The van der Waals surface area contributed by atoms with Gasteiger partial charge in [-0.05, 0) is 37.7 Å². The lowest BCUT2D eigenvalue weighted by molar-refractivity contribution is -0.138. The summed E-state index contributed by atoms with van der Waals surface area (Å²) in [5.41, 5.74) is 0.659. The molecule has 22 heavy (non-hydrogen) atoms. The molecule has 0 bridgehead atoms. The predicted octanol–water partition coefficient (Wildman–Crippen LogP) is 1.34. The third-order valence-corrected chi connectivity index (χ3v) is 5.04. The van der Waals surface area contributed by atoms with Crippen LogP contribution in [0.5, 0.6) is 0 Å². The molecule has 1 aromatic heterocycles. The highest BCUT2D eigenvalue weighted by Gasteiger charge is 2.41. The van der Waals surface area contributed by atoms with E-state index in [1.807, 2.05) is 16.7 Å². The quantitative estimate of drug-likeness (QED) is 0.827. The molecule has 2 saturated heterocycles. The molecule has 118 valence electrons. The van der Waals surface area contributed by atoms with Gasteiger partial charge in [0.2, 0.25) is 5.91 Å². The zero-order chi connectivity index (χ0) is 15.6. The average Bonchev–Trinajstić information content (AvgIpc) is 2.58. The minimum Gasteiger partial charge on any atom is -0.342 e. The Morgan fingerprint density at radius 2 is 2.09 bits per heavy atom. The molecule has 2 aliphatic rings. The van der Waals surface area contributed by atoms with E-state index < -0.39 is 0 Å². The monoisotopic (exact) mass is 302 g/mol. The van der Waals surface area contributed by atoms with Crippen LogP contribution in [0.1, 0.15) is 43.1 Å².